The van der Waals surface area contributed by atoms with E-state index in [1.54, 1.807) is 0 Å². The lowest BCUT2D eigenvalue weighted by molar-refractivity contribution is 0.403. The van der Waals surface area contributed by atoms with E-state index >= 15 is 0 Å². The minimum Gasteiger partial charge on any atom is -0.317 e. The predicted octanol–water partition coefficient (Wildman–Crippen LogP) is 3.17. The molecule has 1 heteroatoms. The molecule has 1 unspecified atom stereocenters. The van der Waals surface area contributed by atoms with E-state index in [9.17, 15) is 0 Å². The molecule has 1 nitrogen and oxygen atoms in total. The maximum Gasteiger partial charge on any atom is 0.00902 e. The van der Waals surface area contributed by atoms with Gasteiger partial charge >= 0.3 is 0 Å². The van der Waals surface area contributed by atoms with Gasteiger partial charge in [-0.15, -0.1) is 0 Å². The lowest BCUT2D eigenvalue weighted by atomic mass is 9.96. The second-order valence-corrected chi connectivity index (χ2v) is 4.66. The molecular formula is C14H23N. The molecule has 1 rings (SSSR count). The van der Waals surface area contributed by atoms with Crippen LogP contribution < -0.4 is 5.32 Å². The maximum atomic E-state index is 3.38. The molecule has 0 spiro atoms. The van der Waals surface area contributed by atoms with E-state index in [-0.39, 0.29) is 0 Å². The highest BCUT2D eigenvalue weighted by Gasteiger charge is 2.10. The molecular weight excluding hydrogens is 182 g/mol. The Bertz CT molecular complexity index is 274. The lowest BCUT2D eigenvalue weighted by Crippen LogP contribution is -2.30. The molecule has 1 atom stereocenters. The lowest BCUT2D eigenvalue weighted by Gasteiger charge is -2.19. The van der Waals surface area contributed by atoms with Gasteiger partial charge in [-0.05, 0) is 38.3 Å². The fourth-order valence-electron chi connectivity index (χ4n) is 1.89. The van der Waals surface area contributed by atoms with Crippen LogP contribution in [0.25, 0.3) is 0 Å². The Morgan fingerprint density at radius 3 is 2.20 bits per heavy atom. The second kappa shape index (κ2) is 5.92. The van der Waals surface area contributed by atoms with Crippen molar-refractivity contribution >= 4 is 0 Å². The summed E-state index contributed by atoms with van der Waals surface area (Å²) in [7, 11) is 2.06. The van der Waals surface area contributed by atoms with Crippen LogP contribution in [0.15, 0.2) is 24.3 Å². The molecule has 0 radical (unpaired) electrons. The highest BCUT2D eigenvalue weighted by molar-refractivity contribution is 5.21. The highest BCUT2D eigenvalue weighted by atomic mass is 14.9. The van der Waals surface area contributed by atoms with Crippen molar-refractivity contribution in [3.63, 3.8) is 0 Å². The Labute approximate surface area is 93.9 Å². The highest BCUT2D eigenvalue weighted by Crippen LogP contribution is 2.11. The molecule has 0 aromatic heterocycles. The van der Waals surface area contributed by atoms with Crippen LogP contribution in [0.2, 0.25) is 0 Å². The van der Waals surface area contributed by atoms with Gasteiger partial charge in [0.2, 0.25) is 0 Å². The zero-order valence-electron chi connectivity index (χ0n) is 10.4. The summed E-state index contributed by atoms with van der Waals surface area (Å²) in [5.41, 5.74) is 2.79. The largest absolute Gasteiger partial charge is 0.317 e. The second-order valence-electron chi connectivity index (χ2n) is 4.66. The van der Waals surface area contributed by atoms with Gasteiger partial charge in [0.15, 0.2) is 0 Å². The zero-order valence-corrected chi connectivity index (χ0v) is 10.4. The molecule has 1 aromatic carbocycles. The van der Waals surface area contributed by atoms with Crippen molar-refractivity contribution in [2.75, 3.05) is 7.05 Å². The van der Waals surface area contributed by atoms with Crippen LogP contribution in [-0.2, 0) is 6.42 Å². The van der Waals surface area contributed by atoms with Crippen LogP contribution in [0.1, 0.15) is 31.4 Å². The summed E-state index contributed by atoms with van der Waals surface area (Å²) in [4.78, 5) is 0. The van der Waals surface area contributed by atoms with Gasteiger partial charge in [0.1, 0.15) is 0 Å². The van der Waals surface area contributed by atoms with Crippen molar-refractivity contribution in [1.82, 2.24) is 5.32 Å². The molecule has 0 heterocycles. The molecule has 1 N–H and O–H groups in total. The summed E-state index contributed by atoms with van der Waals surface area (Å²) >= 11 is 0. The molecule has 0 aliphatic heterocycles. The van der Waals surface area contributed by atoms with E-state index in [4.69, 9.17) is 0 Å². The van der Waals surface area contributed by atoms with Crippen LogP contribution in [0.4, 0.5) is 0 Å². The summed E-state index contributed by atoms with van der Waals surface area (Å²) in [6.07, 6.45) is 2.39. The molecule has 15 heavy (non-hydrogen) atoms. The first kappa shape index (κ1) is 12.3. The molecule has 0 aliphatic rings. The van der Waals surface area contributed by atoms with Crippen LogP contribution in [0, 0.1) is 12.8 Å². The van der Waals surface area contributed by atoms with Crippen molar-refractivity contribution in [2.45, 2.75) is 39.7 Å². The van der Waals surface area contributed by atoms with Crippen molar-refractivity contribution < 1.29 is 0 Å². The minimum absolute atomic E-state index is 0.631. The summed E-state index contributed by atoms with van der Waals surface area (Å²) in [5, 5.41) is 3.38. The Morgan fingerprint density at radius 1 is 1.13 bits per heavy atom. The third-order valence-corrected chi connectivity index (χ3v) is 3.04. The number of rotatable bonds is 5. The molecule has 1 aromatic rings. The van der Waals surface area contributed by atoms with E-state index in [0.717, 1.165) is 0 Å². The Morgan fingerprint density at radius 2 is 1.73 bits per heavy atom. The number of hydrogen-bond donors (Lipinski definition) is 1. The SMILES string of the molecule is CNC(CCc1ccc(C)cc1)C(C)C. The molecule has 0 saturated heterocycles. The smallest absolute Gasteiger partial charge is 0.00902 e. The van der Waals surface area contributed by atoms with Crippen LogP contribution in [-0.4, -0.2) is 13.1 Å². The van der Waals surface area contributed by atoms with Crippen LogP contribution >= 0.6 is 0 Å². The average molecular weight is 205 g/mol. The quantitative estimate of drug-likeness (QED) is 0.778. The average Bonchev–Trinajstić information content (AvgIpc) is 2.21. The number of hydrogen-bond acceptors (Lipinski definition) is 1. The van der Waals surface area contributed by atoms with Gasteiger partial charge in [-0.2, -0.15) is 0 Å². The molecule has 0 saturated carbocycles. The first-order valence-corrected chi connectivity index (χ1v) is 5.86. The normalized spacial score (nSPS) is 13.1. The van der Waals surface area contributed by atoms with E-state index in [2.05, 4.69) is 57.4 Å². The summed E-state index contributed by atoms with van der Waals surface area (Å²) in [6, 6.07) is 9.49. The summed E-state index contributed by atoms with van der Waals surface area (Å²) in [5.74, 6) is 0.709. The van der Waals surface area contributed by atoms with Gasteiger partial charge < -0.3 is 5.32 Å². The van der Waals surface area contributed by atoms with Gasteiger partial charge in [0.25, 0.3) is 0 Å². The van der Waals surface area contributed by atoms with E-state index in [1.165, 1.54) is 24.0 Å². The zero-order chi connectivity index (χ0) is 11.3. The van der Waals surface area contributed by atoms with Crippen molar-refractivity contribution in [3.05, 3.63) is 35.4 Å². The monoisotopic (exact) mass is 205 g/mol. The van der Waals surface area contributed by atoms with Gasteiger partial charge in [-0.1, -0.05) is 43.7 Å². The number of benzene rings is 1. The Balaban J connectivity index is 2.45. The van der Waals surface area contributed by atoms with Crippen LogP contribution in [0.5, 0.6) is 0 Å². The van der Waals surface area contributed by atoms with Crippen molar-refractivity contribution in [3.8, 4) is 0 Å². The van der Waals surface area contributed by atoms with Crippen LogP contribution in [0.3, 0.4) is 0 Å². The fourth-order valence-corrected chi connectivity index (χ4v) is 1.89. The summed E-state index contributed by atoms with van der Waals surface area (Å²) < 4.78 is 0. The number of aryl methyl sites for hydroxylation is 2. The van der Waals surface area contributed by atoms with Crippen molar-refractivity contribution in [2.24, 2.45) is 5.92 Å². The van der Waals surface area contributed by atoms with Gasteiger partial charge in [0, 0.05) is 6.04 Å². The van der Waals surface area contributed by atoms with Gasteiger partial charge in [-0.3, -0.25) is 0 Å². The Hall–Kier alpha value is -0.820. The predicted molar refractivity (Wildman–Crippen MR) is 67.2 cm³/mol. The van der Waals surface area contributed by atoms with E-state index in [1.807, 2.05) is 0 Å². The molecule has 0 bridgehead atoms. The number of nitrogens with one attached hydrogen (secondary N) is 1. The first-order chi connectivity index (χ1) is 7.13. The Kier molecular flexibility index (Phi) is 4.83. The van der Waals surface area contributed by atoms with Gasteiger partial charge in [-0.25, -0.2) is 0 Å². The third kappa shape index (κ3) is 4.05. The fraction of sp³-hybridized carbons (Fsp3) is 0.571. The molecule has 0 aliphatic carbocycles. The van der Waals surface area contributed by atoms with Gasteiger partial charge in [0.05, 0.1) is 0 Å². The maximum absolute atomic E-state index is 3.38. The van der Waals surface area contributed by atoms with E-state index < -0.39 is 0 Å². The van der Waals surface area contributed by atoms with E-state index in [0.29, 0.717) is 12.0 Å². The van der Waals surface area contributed by atoms with Crippen molar-refractivity contribution in [1.29, 1.82) is 0 Å². The first-order valence-electron chi connectivity index (χ1n) is 5.86. The molecule has 0 fully saturated rings. The molecule has 0 amide bonds. The molecule has 84 valence electrons. The third-order valence-electron chi connectivity index (χ3n) is 3.04. The topological polar surface area (TPSA) is 12.0 Å². The minimum atomic E-state index is 0.631. The standard InChI is InChI=1S/C14H23N/c1-11(2)14(15-4)10-9-13-7-5-12(3)6-8-13/h5-8,11,14-15H,9-10H2,1-4H3. The summed E-state index contributed by atoms with van der Waals surface area (Å²) in [6.45, 7) is 6.68.